The lowest BCUT2D eigenvalue weighted by Gasteiger charge is -2.36. The number of carbonyl (C=O) groups is 3. The van der Waals surface area contributed by atoms with Gasteiger partial charge in [-0.2, -0.15) is 0 Å². The Labute approximate surface area is 178 Å². The van der Waals surface area contributed by atoms with Crippen LogP contribution in [0.25, 0.3) is 0 Å². The van der Waals surface area contributed by atoms with E-state index < -0.39 is 23.3 Å². The number of hydrogen-bond acceptors (Lipinski definition) is 6. The van der Waals surface area contributed by atoms with Crippen LogP contribution in [-0.4, -0.2) is 75.3 Å². The van der Waals surface area contributed by atoms with Crippen molar-refractivity contribution in [3.63, 3.8) is 0 Å². The normalized spacial score (nSPS) is 21.5. The van der Waals surface area contributed by atoms with E-state index in [1.54, 1.807) is 11.0 Å². The standard InChI is InChI=1S/C19H24ClFN4O5/c1-29-11-19(17(27)22-18(28)23-19)4-3-15(26)25-7-5-24(6-8-25)12-9-13(21)16(20)14(10-12)30-2/h9-10H,3-8,11H2,1-2H3,(H2,22,23,27,28). The van der Waals surface area contributed by atoms with Gasteiger partial charge in [-0.1, -0.05) is 11.6 Å². The Morgan fingerprint density at radius 1 is 1.23 bits per heavy atom. The number of rotatable bonds is 7. The van der Waals surface area contributed by atoms with Crippen LogP contribution in [0.3, 0.4) is 0 Å². The van der Waals surface area contributed by atoms with Gasteiger partial charge in [0.2, 0.25) is 5.91 Å². The highest BCUT2D eigenvalue weighted by atomic mass is 35.5. The monoisotopic (exact) mass is 442 g/mol. The summed E-state index contributed by atoms with van der Waals surface area (Å²) in [5.41, 5.74) is -0.606. The predicted molar refractivity (Wildman–Crippen MR) is 107 cm³/mol. The molecule has 2 aliphatic heterocycles. The van der Waals surface area contributed by atoms with E-state index in [-0.39, 0.29) is 36.1 Å². The summed E-state index contributed by atoms with van der Waals surface area (Å²) in [5.74, 6) is -0.931. The summed E-state index contributed by atoms with van der Waals surface area (Å²) in [6, 6.07) is 2.42. The topological polar surface area (TPSA) is 100 Å². The molecule has 9 nitrogen and oxygen atoms in total. The minimum atomic E-state index is -1.24. The van der Waals surface area contributed by atoms with Crippen molar-refractivity contribution in [2.24, 2.45) is 0 Å². The van der Waals surface area contributed by atoms with Gasteiger partial charge in [-0.15, -0.1) is 0 Å². The number of benzene rings is 1. The van der Waals surface area contributed by atoms with Crippen LogP contribution in [0.1, 0.15) is 12.8 Å². The number of nitrogens with one attached hydrogen (secondary N) is 2. The van der Waals surface area contributed by atoms with Crippen molar-refractivity contribution in [1.29, 1.82) is 0 Å². The number of anilines is 1. The Kier molecular flexibility index (Phi) is 6.67. The molecule has 1 aromatic carbocycles. The number of hydrogen-bond donors (Lipinski definition) is 2. The fourth-order valence-electron chi connectivity index (χ4n) is 3.70. The minimum Gasteiger partial charge on any atom is -0.495 e. The molecule has 1 unspecified atom stereocenters. The first kappa shape index (κ1) is 22.1. The summed E-state index contributed by atoms with van der Waals surface area (Å²) in [4.78, 5) is 39.9. The molecule has 0 aromatic heterocycles. The number of halogens is 2. The first-order valence-corrected chi connectivity index (χ1v) is 9.86. The zero-order valence-electron chi connectivity index (χ0n) is 16.8. The van der Waals surface area contributed by atoms with E-state index in [2.05, 4.69) is 10.6 Å². The Morgan fingerprint density at radius 2 is 1.93 bits per heavy atom. The van der Waals surface area contributed by atoms with E-state index in [9.17, 15) is 18.8 Å². The zero-order valence-corrected chi connectivity index (χ0v) is 17.6. The fraction of sp³-hybridized carbons (Fsp3) is 0.526. The van der Waals surface area contributed by atoms with Gasteiger partial charge >= 0.3 is 6.03 Å². The van der Waals surface area contributed by atoms with Gasteiger partial charge in [-0.05, 0) is 12.5 Å². The average molecular weight is 443 g/mol. The molecule has 2 saturated heterocycles. The number of piperazine rings is 1. The van der Waals surface area contributed by atoms with Crippen LogP contribution >= 0.6 is 11.6 Å². The number of imide groups is 1. The molecule has 164 valence electrons. The Hall–Kier alpha value is -2.59. The molecule has 2 heterocycles. The van der Waals surface area contributed by atoms with Gasteiger partial charge in [-0.25, -0.2) is 9.18 Å². The van der Waals surface area contributed by atoms with Crippen LogP contribution in [0.2, 0.25) is 5.02 Å². The molecule has 0 spiro atoms. The van der Waals surface area contributed by atoms with Crippen molar-refractivity contribution < 1.29 is 28.2 Å². The van der Waals surface area contributed by atoms with Crippen LogP contribution < -0.4 is 20.3 Å². The maximum Gasteiger partial charge on any atom is 0.322 e. The smallest absolute Gasteiger partial charge is 0.322 e. The number of methoxy groups -OCH3 is 2. The molecule has 0 aliphatic carbocycles. The third-order valence-electron chi connectivity index (χ3n) is 5.37. The highest BCUT2D eigenvalue weighted by Gasteiger charge is 2.46. The second-order valence-corrected chi connectivity index (χ2v) is 7.61. The fourth-order valence-corrected chi connectivity index (χ4v) is 3.88. The number of amides is 4. The first-order valence-electron chi connectivity index (χ1n) is 9.48. The van der Waals surface area contributed by atoms with E-state index in [4.69, 9.17) is 21.1 Å². The highest BCUT2D eigenvalue weighted by molar-refractivity contribution is 6.32. The largest absolute Gasteiger partial charge is 0.495 e. The summed E-state index contributed by atoms with van der Waals surface area (Å²) in [5, 5.41) is 4.68. The van der Waals surface area contributed by atoms with Crippen LogP contribution in [0.4, 0.5) is 14.9 Å². The molecule has 1 atom stereocenters. The second kappa shape index (κ2) is 9.05. The molecule has 4 amide bonds. The molecular formula is C19H24ClFN4O5. The number of nitrogens with zero attached hydrogens (tertiary/aromatic N) is 2. The maximum atomic E-state index is 14.0. The third kappa shape index (κ3) is 4.44. The van der Waals surface area contributed by atoms with Gasteiger partial charge in [0.15, 0.2) is 0 Å². The van der Waals surface area contributed by atoms with Crippen LogP contribution in [0.5, 0.6) is 5.75 Å². The third-order valence-corrected chi connectivity index (χ3v) is 5.73. The van der Waals surface area contributed by atoms with Crippen molar-refractivity contribution >= 4 is 35.1 Å². The van der Waals surface area contributed by atoms with Crippen molar-refractivity contribution in [2.45, 2.75) is 18.4 Å². The van der Waals surface area contributed by atoms with E-state index in [0.29, 0.717) is 31.9 Å². The molecule has 3 rings (SSSR count). The lowest BCUT2D eigenvalue weighted by atomic mass is 9.94. The number of carbonyl (C=O) groups excluding carboxylic acids is 3. The molecule has 2 fully saturated rings. The molecule has 30 heavy (non-hydrogen) atoms. The Balaban J connectivity index is 1.57. The zero-order chi connectivity index (χ0) is 21.9. The molecule has 0 radical (unpaired) electrons. The Morgan fingerprint density at radius 3 is 2.50 bits per heavy atom. The summed E-state index contributed by atoms with van der Waals surface area (Å²) in [6.07, 6.45) is 0.220. The maximum absolute atomic E-state index is 14.0. The summed E-state index contributed by atoms with van der Waals surface area (Å²) >= 11 is 5.88. The van der Waals surface area contributed by atoms with Crippen LogP contribution in [-0.2, 0) is 14.3 Å². The second-order valence-electron chi connectivity index (χ2n) is 7.24. The van der Waals surface area contributed by atoms with E-state index >= 15 is 0 Å². The van der Waals surface area contributed by atoms with E-state index in [1.165, 1.54) is 20.3 Å². The van der Waals surface area contributed by atoms with Crippen LogP contribution in [0, 0.1) is 5.82 Å². The van der Waals surface area contributed by atoms with Gasteiger partial charge in [-0.3, -0.25) is 14.9 Å². The van der Waals surface area contributed by atoms with Gasteiger partial charge < -0.3 is 24.6 Å². The molecular weight excluding hydrogens is 419 g/mol. The van der Waals surface area contributed by atoms with E-state index in [0.717, 1.165) is 0 Å². The lowest BCUT2D eigenvalue weighted by molar-refractivity contribution is -0.133. The molecule has 2 N–H and O–H groups in total. The van der Waals surface area contributed by atoms with E-state index in [1.807, 2.05) is 4.90 Å². The lowest BCUT2D eigenvalue weighted by Crippen LogP contribution is -2.52. The number of ether oxygens (including phenoxy) is 2. The van der Waals surface area contributed by atoms with Gasteiger partial charge in [0, 0.05) is 51.5 Å². The molecule has 0 saturated carbocycles. The SMILES string of the molecule is COCC1(CCC(=O)N2CCN(c3cc(F)c(Cl)c(OC)c3)CC2)NC(=O)NC1=O. The van der Waals surface area contributed by atoms with Gasteiger partial charge in [0.1, 0.15) is 22.1 Å². The van der Waals surface area contributed by atoms with Crippen LogP contribution in [0.15, 0.2) is 12.1 Å². The van der Waals surface area contributed by atoms with Gasteiger partial charge in [0.05, 0.1) is 13.7 Å². The first-order chi connectivity index (χ1) is 14.3. The Bertz CT molecular complexity index is 846. The van der Waals surface area contributed by atoms with Crippen molar-refractivity contribution in [3.8, 4) is 5.75 Å². The van der Waals surface area contributed by atoms with Crippen molar-refractivity contribution in [1.82, 2.24) is 15.5 Å². The summed E-state index contributed by atoms with van der Waals surface area (Å²) < 4.78 is 24.2. The minimum absolute atomic E-state index is 0.0183. The van der Waals surface area contributed by atoms with Crippen molar-refractivity contribution in [3.05, 3.63) is 23.0 Å². The average Bonchev–Trinajstić information content (AvgIpc) is 3.01. The molecule has 11 heteroatoms. The summed E-state index contributed by atoms with van der Waals surface area (Å²) in [7, 11) is 2.85. The summed E-state index contributed by atoms with van der Waals surface area (Å²) in [6.45, 7) is 1.89. The highest BCUT2D eigenvalue weighted by Crippen LogP contribution is 2.33. The van der Waals surface area contributed by atoms with Gasteiger partial charge in [0.25, 0.3) is 5.91 Å². The molecule has 0 bridgehead atoms. The van der Waals surface area contributed by atoms with Crippen molar-refractivity contribution in [2.75, 3.05) is 51.9 Å². The predicted octanol–water partition coefficient (Wildman–Crippen LogP) is 1.14. The quantitative estimate of drug-likeness (QED) is 0.614. The number of urea groups is 1. The molecule has 2 aliphatic rings. The molecule has 1 aromatic rings.